The average molecular weight is 371 g/mol. The van der Waals surface area contributed by atoms with Crippen molar-refractivity contribution in [2.75, 3.05) is 7.05 Å². The van der Waals surface area contributed by atoms with Gasteiger partial charge in [0, 0.05) is 17.7 Å². The minimum atomic E-state index is -3.63. The molecule has 0 spiro atoms. The van der Waals surface area contributed by atoms with E-state index >= 15 is 0 Å². The maximum Gasteiger partial charge on any atom is 0.244 e. The second-order valence-electron chi connectivity index (χ2n) is 4.51. The summed E-state index contributed by atoms with van der Waals surface area (Å²) in [4.78, 5) is 4.29. The van der Waals surface area contributed by atoms with Crippen LogP contribution in [0.25, 0.3) is 0 Å². The molecule has 0 atom stereocenters. The van der Waals surface area contributed by atoms with Gasteiger partial charge in [-0.15, -0.1) is 0 Å². The van der Waals surface area contributed by atoms with Crippen molar-refractivity contribution in [1.82, 2.24) is 9.29 Å². The molecule has 0 fully saturated rings. The Morgan fingerprint density at radius 2 is 2.05 bits per heavy atom. The van der Waals surface area contributed by atoms with E-state index in [0.717, 1.165) is 0 Å². The molecule has 1 heterocycles. The molecule has 0 amide bonds. The summed E-state index contributed by atoms with van der Waals surface area (Å²) in [6, 6.07) is 10.0. The summed E-state index contributed by atoms with van der Waals surface area (Å²) in [6.07, 6.45) is 1.63. The second-order valence-corrected chi connectivity index (χ2v) is 7.37. The van der Waals surface area contributed by atoms with Crippen LogP contribution in [0.3, 0.4) is 0 Å². The molecule has 7 heteroatoms. The van der Waals surface area contributed by atoms with Crippen LogP contribution in [0.1, 0.15) is 11.3 Å². The Labute approximate surface area is 132 Å². The van der Waals surface area contributed by atoms with Gasteiger partial charge in [0.2, 0.25) is 10.0 Å². The quantitative estimate of drug-likeness (QED) is 0.875. The van der Waals surface area contributed by atoms with Gasteiger partial charge in [-0.3, -0.25) is 4.98 Å². The van der Waals surface area contributed by atoms with Gasteiger partial charge in [-0.1, -0.05) is 12.1 Å². The Kier molecular flexibility index (Phi) is 5.10. The number of aliphatic hydroxyl groups is 1. The predicted molar refractivity (Wildman–Crippen MR) is 83.0 cm³/mol. The molecule has 0 aliphatic heterocycles. The Balaban J connectivity index is 2.29. The molecule has 0 radical (unpaired) electrons. The van der Waals surface area contributed by atoms with E-state index in [2.05, 4.69) is 20.9 Å². The molecule has 21 heavy (non-hydrogen) atoms. The zero-order valence-corrected chi connectivity index (χ0v) is 13.8. The number of hydrogen-bond acceptors (Lipinski definition) is 4. The van der Waals surface area contributed by atoms with Crippen molar-refractivity contribution in [2.45, 2.75) is 18.0 Å². The first-order valence-electron chi connectivity index (χ1n) is 6.20. The summed E-state index contributed by atoms with van der Waals surface area (Å²) in [7, 11) is -2.12. The first-order valence-corrected chi connectivity index (χ1v) is 8.44. The van der Waals surface area contributed by atoms with E-state index in [9.17, 15) is 8.42 Å². The monoisotopic (exact) mass is 370 g/mol. The summed E-state index contributed by atoms with van der Waals surface area (Å²) in [5.41, 5.74) is 1.32. The summed E-state index contributed by atoms with van der Waals surface area (Å²) < 4.78 is 26.8. The topological polar surface area (TPSA) is 70.5 Å². The van der Waals surface area contributed by atoms with Gasteiger partial charge in [-0.05, 0) is 45.8 Å². The fraction of sp³-hybridized carbons (Fsp3) is 0.214. The lowest BCUT2D eigenvalue weighted by atomic mass is 10.2. The van der Waals surface area contributed by atoms with Gasteiger partial charge in [-0.2, -0.15) is 4.31 Å². The van der Waals surface area contributed by atoms with Crippen LogP contribution in [0.4, 0.5) is 0 Å². The van der Waals surface area contributed by atoms with Crippen molar-refractivity contribution in [1.29, 1.82) is 0 Å². The molecule has 0 bridgehead atoms. The molecule has 0 saturated carbocycles. The first kappa shape index (κ1) is 16.1. The first-order chi connectivity index (χ1) is 9.95. The smallest absolute Gasteiger partial charge is 0.244 e. The fourth-order valence-corrected chi connectivity index (χ4v) is 4.05. The fourth-order valence-electron chi connectivity index (χ4n) is 1.82. The Morgan fingerprint density at radius 1 is 1.29 bits per heavy atom. The highest BCUT2D eigenvalue weighted by molar-refractivity contribution is 9.10. The van der Waals surface area contributed by atoms with Crippen molar-refractivity contribution >= 4 is 26.0 Å². The van der Waals surface area contributed by atoms with Gasteiger partial charge >= 0.3 is 0 Å². The lowest BCUT2D eigenvalue weighted by Crippen LogP contribution is -2.27. The number of aromatic nitrogens is 1. The van der Waals surface area contributed by atoms with Crippen molar-refractivity contribution in [3.63, 3.8) is 0 Å². The lowest BCUT2D eigenvalue weighted by Gasteiger charge is -2.18. The molecule has 2 aromatic rings. The molecular weight excluding hydrogens is 356 g/mol. The summed E-state index contributed by atoms with van der Waals surface area (Å²) in [5.74, 6) is 0. The zero-order valence-electron chi connectivity index (χ0n) is 11.4. The molecule has 112 valence electrons. The highest BCUT2D eigenvalue weighted by Crippen LogP contribution is 2.26. The van der Waals surface area contributed by atoms with E-state index in [4.69, 9.17) is 5.11 Å². The van der Waals surface area contributed by atoms with Crippen LogP contribution in [0.5, 0.6) is 0 Å². The van der Waals surface area contributed by atoms with Crippen molar-refractivity contribution in [3.05, 3.63) is 58.3 Å². The van der Waals surface area contributed by atoms with E-state index in [1.807, 2.05) is 6.07 Å². The third-order valence-corrected chi connectivity index (χ3v) is 5.76. The Bertz CT molecular complexity index is 720. The Hall–Kier alpha value is -1.28. The number of halogens is 1. The standard InChI is InChI=1S/C14H15BrN2O3S/c1-17(9-12-4-2-3-7-16-12)21(19,20)14-6-5-11(10-18)8-13(14)15/h2-8,18H,9-10H2,1H3. The molecule has 0 saturated heterocycles. The maximum atomic E-state index is 12.6. The maximum absolute atomic E-state index is 12.6. The van der Waals surface area contributed by atoms with E-state index in [1.54, 1.807) is 30.5 Å². The van der Waals surface area contributed by atoms with Gasteiger partial charge in [0.05, 0.1) is 23.7 Å². The van der Waals surface area contributed by atoms with Crippen LogP contribution in [0, 0.1) is 0 Å². The van der Waals surface area contributed by atoms with Crippen LogP contribution in [-0.4, -0.2) is 29.9 Å². The average Bonchev–Trinajstić information content (AvgIpc) is 2.47. The van der Waals surface area contributed by atoms with Crippen LogP contribution in [0.15, 0.2) is 52.0 Å². The van der Waals surface area contributed by atoms with Crippen LogP contribution < -0.4 is 0 Å². The molecule has 0 aliphatic carbocycles. The van der Waals surface area contributed by atoms with Crippen LogP contribution in [0.2, 0.25) is 0 Å². The third kappa shape index (κ3) is 3.68. The number of aliphatic hydroxyl groups excluding tert-OH is 1. The van der Waals surface area contributed by atoms with Gasteiger partial charge in [0.25, 0.3) is 0 Å². The molecule has 5 nitrogen and oxygen atoms in total. The largest absolute Gasteiger partial charge is 0.392 e. The van der Waals surface area contributed by atoms with E-state index in [0.29, 0.717) is 15.7 Å². The third-order valence-electron chi connectivity index (χ3n) is 2.98. The minimum Gasteiger partial charge on any atom is -0.392 e. The van der Waals surface area contributed by atoms with Crippen molar-refractivity contribution < 1.29 is 13.5 Å². The molecular formula is C14H15BrN2O3S. The molecule has 0 unspecified atom stereocenters. The number of pyridine rings is 1. The van der Waals surface area contributed by atoms with Gasteiger partial charge in [0.15, 0.2) is 0 Å². The SMILES string of the molecule is CN(Cc1ccccn1)S(=O)(=O)c1ccc(CO)cc1Br. The summed E-state index contributed by atoms with van der Waals surface area (Å²) >= 11 is 3.24. The lowest BCUT2D eigenvalue weighted by molar-refractivity contribution is 0.281. The molecule has 1 aromatic heterocycles. The van der Waals surface area contributed by atoms with Crippen LogP contribution in [-0.2, 0) is 23.2 Å². The number of nitrogens with zero attached hydrogens (tertiary/aromatic N) is 2. The zero-order chi connectivity index (χ0) is 15.5. The number of rotatable bonds is 5. The minimum absolute atomic E-state index is 0.136. The highest BCUT2D eigenvalue weighted by atomic mass is 79.9. The number of sulfonamides is 1. The van der Waals surface area contributed by atoms with E-state index < -0.39 is 10.0 Å². The Morgan fingerprint density at radius 3 is 2.62 bits per heavy atom. The highest BCUT2D eigenvalue weighted by Gasteiger charge is 2.23. The molecule has 1 N–H and O–H groups in total. The summed E-state index contributed by atoms with van der Waals surface area (Å²) in [6.45, 7) is 0.0556. The van der Waals surface area contributed by atoms with E-state index in [1.165, 1.54) is 17.4 Å². The molecule has 0 aliphatic rings. The van der Waals surface area contributed by atoms with Gasteiger partial charge in [-0.25, -0.2) is 8.42 Å². The number of benzene rings is 1. The van der Waals surface area contributed by atoms with Gasteiger partial charge < -0.3 is 5.11 Å². The van der Waals surface area contributed by atoms with Crippen molar-refractivity contribution in [2.24, 2.45) is 0 Å². The molecule has 1 aromatic carbocycles. The van der Waals surface area contributed by atoms with E-state index in [-0.39, 0.29) is 18.0 Å². The molecule has 2 rings (SSSR count). The summed E-state index contributed by atoms with van der Waals surface area (Å²) in [5, 5.41) is 9.07. The van der Waals surface area contributed by atoms with Gasteiger partial charge in [0.1, 0.15) is 0 Å². The van der Waals surface area contributed by atoms with Crippen LogP contribution >= 0.6 is 15.9 Å². The number of hydrogen-bond donors (Lipinski definition) is 1. The van der Waals surface area contributed by atoms with Crippen molar-refractivity contribution in [3.8, 4) is 0 Å². The normalized spacial score (nSPS) is 11.8. The predicted octanol–water partition coefficient (Wildman–Crippen LogP) is 2.16. The second kappa shape index (κ2) is 6.65.